The standard InChI is InChI=1S/C18H23N3O5S/c1-13(18(23)14-2-4-15(22)5-3-14)20-17-7-6-16(12-19-17)27(24,25)21-8-10-26-11-9-21/h2-7,12-13,18,22-23H,8-11H2,1H3,(H,19,20)/p+1/t13-,18-/m1/s1. The van der Waals surface area contributed by atoms with E-state index < -0.39 is 16.1 Å². The highest BCUT2D eigenvalue weighted by atomic mass is 32.2. The molecule has 1 aliphatic heterocycles. The quantitative estimate of drug-likeness (QED) is 0.667. The fourth-order valence-corrected chi connectivity index (χ4v) is 4.26. The fourth-order valence-electron chi connectivity index (χ4n) is 2.88. The number of morpholine rings is 1. The number of benzene rings is 1. The lowest BCUT2D eigenvalue weighted by molar-refractivity contribution is -0.364. The largest absolute Gasteiger partial charge is 0.508 e. The Labute approximate surface area is 158 Å². The number of aromatic hydroxyl groups is 1. The zero-order valence-electron chi connectivity index (χ0n) is 15.0. The lowest BCUT2D eigenvalue weighted by Crippen LogP contribution is -2.41. The number of aromatic nitrogens is 1. The normalized spacial score (nSPS) is 18.0. The average molecular weight is 394 g/mol. The summed E-state index contributed by atoms with van der Waals surface area (Å²) in [4.78, 5) is 3.11. The first kappa shape index (κ1) is 19.6. The van der Waals surface area contributed by atoms with E-state index in [-0.39, 0.29) is 16.7 Å². The topological polar surface area (TPSA) is 113 Å². The summed E-state index contributed by atoms with van der Waals surface area (Å²) < 4.78 is 31.8. The van der Waals surface area contributed by atoms with Gasteiger partial charge in [-0.25, -0.2) is 13.4 Å². The maximum atomic E-state index is 12.6. The van der Waals surface area contributed by atoms with E-state index in [9.17, 15) is 18.6 Å². The van der Waals surface area contributed by atoms with E-state index in [0.717, 1.165) is 0 Å². The Kier molecular flexibility index (Phi) is 5.95. The van der Waals surface area contributed by atoms with Crippen LogP contribution in [0, 0.1) is 0 Å². The summed E-state index contributed by atoms with van der Waals surface area (Å²) >= 11 is 0. The number of hydrogen-bond acceptors (Lipinski definition) is 6. The number of anilines is 1. The molecular formula is C18H24N3O5S+. The Balaban J connectivity index is 1.67. The fraction of sp³-hybridized carbons (Fsp3) is 0.389. The molecule has 9 heteroatoms. The monoisotopic (exact) mass is 394 g/mol. The number of sulfonamides is 1. The number of pyridine rings is 1. The second-order valence-corrected chi connectivity index (χ2v) is 8.36. The number of hydrogen-bond donors (Lipinski definition) is 3. The number of H-pyrrole nitrogens is 1. The number of nitrogens with zero attached hydrogens (tertiary/aromatic N) is 1. The molecule has 2 atom stereocenters. The lowest BCUT2D eigenvalue weighted by Gasteiger charge is -2.25. The Bertz CT molecular complexity index is 850. The minimum atomic E-state index is -3.55. The summed E-state index contributed by atoms with van der Waals surface area (Å²) in [7, 11) is -3.55. The molecule has 1 aromatic heterocycles. The van der Waals surface area contributed by atoms with Crippen molar-refractivity contribution >= 4 is 15.8 Å². The maximum Gasteiger partial charge on any atom is 0.272 e. The Morgan fingerprint density at radius 3 is 2.41 bits per heavy atom. The van der Waals surface area contributed by atoms with Gasteiger partial charge in [0.15, 0.2) is 0 Å². The number of phenolic OH excluding ortho intramolecular Hbond substituents is 1. The van der Waals surface area contributed by atoms with Crippen LogP contribution in [0.4, 0.5) is 5.82 Å². The summed E-state index contributed by atoms with van der Waals surface area (Å²) in [6.07, 6.45) is 0.642. The zero-order valence-corrected chi connectivity index (χ0v) is 15.8. The van der Waals surface area contributed by atoms with Crippen molar-refractivity contribution in [3.63, 3.8) is 0 Å². The summed E-state index contributed by atoms with van der Waals surface area (Å²) in [5.74, 6) is 0.721. The first-order valence-corrected chi connectivity index (χ1v) is 10.1. The van der Waals surface area contributed by atoms with Gasteiger partial charge >= 0.3 is 0 Å². The highest BCUT2D eigenvalue weighted by Gasteiger charge is 2.28. The van der Waals surface area contributed by atoms with Gasteiger partial charge in [-0.15, -0.1) is 0 Å². The number of ether oxygens (including phenoxy) is 1. The number of aliphatic hydroxyl groups is 1. The first-order valence-electron chi connectivity index (χ1n) is 8.71. The van der Waals surface area contributed by atoms with Crippen molar-refractivity contribution in [3.8, 4) is 5.75 Å². The average Bonchev–Trinajstić information content (AvgIpc) is 2.69. The molecule has 8 nitrogen and oxygen atoms in total. The number of aromatic amines is 1. The minimum absolute atomic E-state index is 0.136. The zero-order chi connectivity index (χ0) is 19.4. The highest BCUT2D eigenvalue weighted by molar-refractivity contribution is 7.89. The number of nitrogens with one attached hydrogen (secondary N) is 2. The number of aliphatic hydroxyl groups excluding tert-OH is 1. The van der Waals surface area contributed by atoms with E-state index in [1.165, 1.54) is 28.7 Å². The Morgan fingerprint density at radius 2 is 1.81 bits per heavy atom. The van der Waals surface area contributed by atoms with Crippen LogP contribution in [-0.4, -0.2) is 55.3 Å². The van der Waals surface area contributed by atoms with E-state index in [2.05, 4.69) is 10.3 Å². The molecular weight excluding hydrogens is 370 g/mol. The van der Waals surface area contributed by atoms with Gasteiger partial charge in [-0.3, -0.25) is 5.32 Å². The van der Waals surface area contributed by atoms with E-state index in [1.807, 2.05) is 6.92 Å². The van der Waals surface area contributed by atoms with Crippen LogP contribution < -0.4 is 10.3 Å². The highest BCUT2D eigenvalue weighted by Crippen LogP contribution is 2.22. The van der Waals surface area contributed by atoms with Crippen LogP contribution in [0.3, 0.4) is 0 Å². The van der Waals surface area contributed by atoms with Crippen LogP contribution in [0.25, 0.3) is 0 Å². The Morgan fingerprint density at radius 1 is 1.15 bits per heavy atom. The predicted octanol–water partition coefficient (Wildman–Crippen LogP) is 0.761. The molecule has 4 N–H and O–H groups in total. The molecule has 27 heavy (non-hydrogen) atoms. The van der Waals surface area contributed by atoms with E-state index in [4.69, 9.17) is 4.74 Å². The summed E-state index contributed by atoms with van der Waals surface area (Å²) in [5.41, 5.74) is 0.666. The van der Waals surface area contributed by atoms with Gasteiger partial charge in [0.2, 0.25) is 10.0 Å². The third-order valence-electron chi connectivity index (χ3n) is 4.48. The van der Waals surface area contributed by atoms with Crippen molar-refractivity contribution in [1.82, 2.24) is 4.31 Å². The molecule has 0 bridgehead atoms. The van der Waals surface area contributed by atoms with Crippen LogP contribution >= 0.6 is 0 Å². The molecule has 0 aliphatic carbocycles. The molecule has 0 spiro atoms. The first-order chi connectivity index (χ1) is 12.9. The third-order valence-corrected chi connectivity index (χ3v) is 6.38. The maximum absolute atomic E-state index is 12.6. The van der Waals surface area contributed by atoms with E-state index in [1.54, 1.807) is 18.2 Å². The van der Waals surface area contributed by atoms with Gasteiger partial charge in [-0.1, -0.05) is 12.1 Å². The molecule has 3 rings (SSSR count). The number of rotatable bonds is 6. The van der Waals surface area contributed by atoms with Crippen LogP contribution in [0.5, 0.6) is 5.75 Å². The smallest absolute Gasteiger partial charge is 0.272 e. The van der Waals surface area contributed by atoms with Gasteiger partial charge in [0.05, 0.1) is 13.2 Å². The molecule has 1 aliphatic rings. The number of phenols is 1. The van der Waals surface area contributed by atoms with Gasteiger partial charge in [-0.05, 0) is 30.7 Å². The van der Waals surface area contributed by atoms with Crippen LogP contribution in [0.1, 0.15) is 18.6 Å². The van der Waals surface area contributed by atoms with Gasteiger partial charge in [0, 0.05) is 19.2 Å². The summed E-state index contributed by atoms with van der Waals surface area (Å²) in [5, 5.41) is 22.9. The van der Waals surface area contributed by atoms with Gasteiger partial charge in [0.1, 0.15) is 29.0 Å². The van der Waals surface area contributed by atoms with Crippen molar-refractivity contribution in [1.29, 1.82) is 0 Å². The Hall–Kier alpha value is -2.20. The predicted molar refractivity (Wildman–Crippen MR) is 98.7 cm³/mol. The molecule has 0 amide bonds. The van der Waals surface area contributed by atoms with Crippen LogP contribution in [0.2, 0.25) is 0 Å². The molecule has 0 unspecified atom stereocenters. The van der Waals surface area contributed by atoms with E-state index in [0.29, 0.717) is 37.7 Å². The molecule has 2 heterocycles. The van der Waals surface area contributed by atoms with Gasteiger partial charge in [0.25, 0.3) is 5.82 Å². The molecule has 0 radical (unpaired) electrons. The van der Waals surface area contributed by atoms with Crippen molar-refractivity contribution < 1.29 is 28.4 Å². The van der Waals surface area contributed by atoms with E-state index >= 15 is 0 Å². The molecule has 146 valence electrons. The summed E-state index contributed by atoms with van der Waals surface area (Å²) in [6.45, 7) is 3.30. The minimum Gasteiger partial charge on any atom is -0.508 e. The SMILES string of the molecule is C[C@@H](Nc1ccc(S(=O)(=O)N2CCOCC2)c[nH+]1)[C@@H](O)c1ccc(O)cc1. The van der Waals surface area contributed by atoms with Crippen molar-refractivity contribution in [2.24, 2.45) is 0 Å². The molecule has 1 saturated heterocycles. The molecule has 1 aromatic carbocycles. The third kappa shape index (κ3) is 4.56. The molecule has 0 saturated carbocycles. The van der Waals surface area contributed by atoms with Gasteiger partial charge in [-0.2, -0.15) is 4.31 Å². The summed E-state index contributed by atoms with van der Waals surface area (Å²) in [6, 6.07) is 9.16. The van der Waals surface area contributed by atoms with Crippen molar-refractivity contribution in [2.75, 3.05) is 31.6 Å². The molecule has 2 aromatic rings. The lowest BCUT2D eigenvalue weighted by atomic mass is 10.0. The van der Waals surface area contributed by atoms with Crippen LogP contribution in [-0.2, 0) is 14.8 Å². The van der Waals surface area contributed by atoms with Crippen LogP contribution in [0.15, 0.2) is 47.5 Å². The van der Waals surface area contributed by atoms with Crippen molar-refractivity contribution in [3.05, 3.63) is 48.2 Å². The van der Waals surface area contributed by atoms with Crippen molar-refractivity contribution in [2.45, 2.75) is 24.0 Å². The molecule has 1 fully saturated rings. The second kappa shape index (κ2) is 8.22. The second-order valence-electron chi connectivity index (χ2n) is 6.42. The van der Waals surface area contributed by atoms with Gasteiger partial charge < -0.3 is 14.9 Å².